The monoisotopic (exact) mass is 405 g/mol. The predicted molar refractivity (Wildman–Crippen MR) is 108 cm³/mol. The van der Waals surface area contributed by atoms with Crippen LogP contribution >= 0.6 is 11.6 Å². The first kappa shape index (κ1) is 19.4. The zero-order chi connectivity index (χ0) is 19.6. The molecular weight excluding hydrogens is 386 g/mol. The molecule has 27 heavy (non-hydrogen) atoms. The van der Waals surface area contributed by atoms with Crippen LogP contribution in [0, 0.1) is 0 Å². The van der Waals surface area contributed by atoms with E-state index in [0.717, 1.165) is 10.9 Å². The Morgan fingerprint density at radius 2 is 1.81 bits per heavy atom. The summed E-state index contributed by atoms with van der Waals surface area (Å²) < 4.78 is 26.8. The number of sulfonamides is 1. The van der Waals surface area contributed by atoms with Crippen molar-refractivity contribution in [2.24, 2.45) is 0 Å². The van der Waals surface area contributed by atoms with Crippen molar-refractivity contribution in [3.8, 4) is 0 Å². The van der Waals surface area contributed by atoms with Crippen LogP contribution in [0.25, 0.3) is 10.9 Å². The number of amides is 1. The minimum absolute atomic E-state index is 0.0256. The number of H-pyrrole nitrogens is 1. The molecule has 6 nitrogen and oxygen atoms in total. The molecule has 0 radical (unpaired) electrons. The van der Waals surface area contributed by atoms with Crippen LogP contribution in [0.4, 0.5) is 5.69 Å². The van der Waals surface area contributed by atoms with Crippen LogP contribution in [0.2, 0.25) is 5.02 Å². The van der Waals surface area contributed by atoms with Crippen molar-refractivity contribution in [2.45, 2.75) is 18.7 Å². The standard InChI is InChI=1S/C19H20ClN3O3S/c1-3-23(4-2)27(25,26)18-12-14(9-10-15(18)20)21-19(24)17-11-13-7-5-6-8-16(13)22-17/h5-12,22H,3-4H2,1-2H3,(H,21,24). The Kier molecular flexibility index (Phi) is 5.55. The van der Waals surface area contributed by atoms with E-state index >= 15 is 0 Å². The summed E-state index contributed by atoms with van der Waals surface area (Å²) in [5.41, 5.74) is 1.59. The first-order valence-electron chi connectivity index (χ1n) is 8.55. The van der Waals surface area contributed by atoms with Gasteiger partial charge in [0.2, 0.25) is 10.0 Å². The summed E-state index contributed by atoms with van der Waals surface area (Å²) >= 11 is 6.12. The Balaban J connectivity index is 1.90. The molecule has 2 aromatic carbocycles. The third kappa shape index (κ3) is 3.85. The summed E-state index contributed by atoms with van der Waals surface area (Å²) in [6.45, 7) is 4.19. The van der Waals surface area contributed by atoms with Crippen LogP contribution in [0.3, 0.4) is 0 Å². The Labute approximate surface area is 163 Å². The minimum atomic E-state index is -3.73. The van der Waals surface area contributed by atoms with Crippen LogP contribution in [-0.2, 0) is 10.0 Å². The highest BCUT2D eigenvalue weighted by molar-refractivity contribution is 7.89. The number of hydrogen-bond donors (Lipinski definition) is 2. The highest BCUT2D eigenvalue weighted by atomic mass is 35.5. The number of nitrogens with zero attached hydrogens (tertiary/aromatic N) is 1. The van der Waals surface area contributed by atoms with E-state index in [1.807, 2.05) is 24.3 Å². The Bertz CT molecular complexity index is 1060. The maximum atomic E-state index is 12.8. The van der Waals surface area contributed by atoms with Gasteiger partial charge in [0.25, 0.3) is 5.91 Å². The average molecular weight is 406 g/mol. The average Bonchev–Trinajstić information content (AvgIpc) is 3.08. The highest BCUT2D eigenvalue weighted by Crippen LogP contribution is 2.28. The molecule has 2 N–H and O–H groups in total. The number of aromatic nitrogens is 1. The SMILES string of the molecule is CCN(CC)S(=O)(=O)c1cc(NC(=O)c2cc3ccccc3[nH]2)ccc1Cl. The molecule has 0 spiro atoms. The van der Waals surface area contributed by atoms with Gasteiger partial charge >= 0.3 is 0 Å². The van der Waals surface area contributed by atoms with Crippen LogP contribution < -0.4 is 5.32 Å². The minimum Gasteiger partial charge on any atom is -0.351 e. The molecule has 0 aliphatic rings. The summed E-state index contributed by atoms with van der Waals surface area (Å²) in [6, 6.07) is 13.7. The zero-order valence-corrected chi connectivity index (χ0v) is 16.6. The number of fused-ring (bicyclic) bond motifs is 1. The number of carbonyl (C=O) groups is 1. The van der Waals surface area contributed by atoms with E-state index in [-0.39, 0.29) is 15.8 Å². The lowest BCUT2D eigenvalue weighted by Crippen LogP contribution is -2.30. The van der Waals surface area contributed by atoms with E-state index in [2.05, 4.69) is 10.3 Å². The lowest BCUT2D eigenvalue weighted by atomic mass is 10.2. The van der Waals surface area contributed by atoms with Gasteiger partial charge in [0.15, 0.2) is 0 Å². The van der Waals surface area contributed by atoms with Crippen molar-refractivity contribution >= 4 is 44.1 Å². The van der Waals surface area contributed by atoms with E-state index in [9.17, 15) is 13.2 Å². The van der Waals surface area contributed by atoms with E-state index in [4.69, 9.17) is 11.6 Å². The summed E-state index contributed by atoms with van der Waals surface area (Å²) in [5.74, 6) is -0.361. The fourth-order valence-electron chi connectivity index (χ4n) is 2.88. The van der Waals surface area contributed by atoms with Gasteiger partial charge in [-0.15, -0.1) is 0 Å². The number of halogens is 1. The zero-order valence-electron chi connectivity index (χ0n) is 15.0. The van der Waals surface area contributed by atoms with Gasteiger partial charge in [-0.1, -0.05) is 43.6 Å². The molecule has 1 amide bonds. The number of nitrogens with one attached hydrogen (secondary N) is 2. The van der Waals surface area contributed by atoms with E-state index in [1.54, 1.807) is 26.0 Å². The molecule has 0 aliphatic carbocycles. The molecule has 3 rings (SSSR count). The van der Waals surface area contributed by atoms with Gasteiger partial charge < -0.3 is 10.3 Å². The van der Waals surface area contributed by atoms with Crippen molar-refractivity contribution in [3.63, 3.8) is 0 Å². The molecule has 1 aromatic heterocycles. The molecule has 3 aromatic rings. The molecule has 142 valence electrons. The molecule has 0 saturated heterocycles. The fraction of sp³-hybridized carbons (Fsp3) is 0.211. The van der Waals surface area contributed by atoms with Gasteiger partial charge in [0.05, 0.1) is 5.02 Å². The smallest absolute Gasteiger partial charge is 0.272 e. The maximum absolute atomic E-state index is 12.8. The van der Waals surface area contributed by atoms with Gasteiger partial charge in [-0.25, -0.2) is 8.42 Å². The van der Waals surface area contributed by atoms with Crippen LogP contribution in [0.1, 0.15) is 24.3 Å². The Hall–Kier alpha value is -2.35. The molecule has 0 bridgehead atoms. The van der Waals surface area contributed by atoms with Crippen molar-refractivity contribution in [3.05, 3.63) is 59.2 Å². The van der Waals surface area contributed by atoms with Crippen LogP contribution in [0.5, 0.6) is 0 Å². The lowest BCUT2D eigenvalue weighted by Gasteiger charge is -2.19. The van der Waals surface area contributed by atoms with Gasteiger partial charge in [-0.05, 0) is 30.3 Å². The highest BCUT2D eigenvalue weighted by Gasteiger charge is 2.25. The van der Waals surface area contributed by atoms with Gasteiger partial charge in [0, 0.05) is 29.7 Å². The number of anilines is 1. The van der Waals surface area contributed by atoms with Crippen molar-refractivity contribution in [2.75, 3.05) is 18.4 Å². The summed E-state index contributed by atoms with van der Waals surface area (Å²) in [7, 11) is -3.73. The third-order valence-electron chi connectivity index (χ3n) is 4.29. The van der Waals surface area contributed by atoms with E-state index < -0.39 is 10.0 Å². The van der Waals surface area contributed by atoms with Gasteiger partial charge in [-0.2, -0.15) is 4.31 Å². The lowest BCUT2D eigenvalue weighted by molar-refractivity contribution is 0.102. The van der Waals surface area contributed by atoms with Gasteiger partial charge in [0.1, 0.15) is 10.6 Å². The second-order valence-corrected chi connectivity index (χ2v) is 8.27. The number of benzene rings is 2. The first-order chi connectivity index (χ1) is 12.9. The number of aromatic amines is 1. The summed E-state index contributed by atoms with van der Waals surface area (Å²) in [4.78, 5) is 15.6. The van der Waals surface area contributed by atoms with E-state index in [1.165, 1.54) is 16.4 Å². The fourth-order valence-corrected chi connectivity index (χ4v) is 4.83. The number of carbonyl (C=O) groups excluding carboxylic acids is 1. The molecule has 1 heterocycles. The molecular formula is C19H20ClN3O3S. The Morgan fingerprint density at radius 3 is 2.48 bits per heavy atom. The normalized spacial score (nSPS) is 11.9. The largest absolute Gasteiger partial charge is 0.351 e. The van der Waals surface area contributed by atoms with E-state index in [0.29, 0.717) is 24.5 Å². The quantitative estimate of drug-likeness (QED) is 0.647. The maximum Gasteiger partial charge on any atom is 0.272 e. The number of rotatable bonds is 6. The van der Waals surface area contributed by atoms with Crippen molar-refractivity contribution in [1.82, 2.24) is 9.29 Å². The van der Waals surface area contributed by atoms with Crippen molar-refractivity contribution < 1.29 is 13.2 Å². The topological polar surface area (TPSA) is 82.3 Å². The molecule has 0 unspecified atom stereocenters. The predicted octanol–water partition coefficient (Wildman–Crippen LogP) is 4.10. The Morgan fingerprint density at radius 1 is 1.11 bits per heavy atom. The second-order valence-electron chi connectivity index (χ2n) is 5.96. The molecule has 0 fully saturated rings. The van der Waals surface area contributed by atoms with Crippen LogP contribution in [0.15, 0.2) is 53.4 Å². The first-order valence-corrected chi connectivity index (χ1v) is 10.4. The molecule has 0 atom stereocenters. The number of hydrogen-bond acceptors (Lipinski definition) is 3. The summed E-state index contributed by atoms with van der Waals surface area (Å²) in [6.07, 6.45) is 0. The van der Waals surface area contributed by atoms with Crippen LogP contribution in [-0.4, -0.2) is 36.7 Å². The summed E-state index contributed by atoms with van der Waals surface area (Å²) in [5, 5.41) is 3.76. The second kappa shape index (κ2) is 7.72. The molecule has 0 aliphatic heterocycles. The third-order valence-corrected chi connectivity index (χ3v) is 6.82. The number of para-hydroxylation sites is 1. The van der Waals surface area contributed by atoms with Gasteiger partial charge in [-0.3, -0.25) is 4.79 Å². The molecule has 0 saturated carbocycles. The molecule has 8 heteroatoms. The van der Waals surface area contributed by atoms with Crippen molar-refractivity contribution in [1.29, 1.82) is 0 Å².